The summed E-state index contributed by atoms with van der Waals surface area (Å²) in [6.45, 7) is 8.50. The number of carbonyl (C=O) groups excluding carboxylic acids is 1. The van der Waals surface area contributed by atoms with Crippen molar-refractivity contribution in [1.82, 2.24) is 10.2 Å². The Morgan fingerprint density at radius 2 is 2.08 bits per heavy atom. The van der Waals surface area contributed by atoms with Gasteiger partial charge < -0.3 is 10.2 Å². The lowest BCUT2D eigenvalue weighted by Gasteiger charge is -2.15. The average Bonchev–Trinajstić information content (AvgIpc) is 2.15. The van der Waals surface area contributed by atoms with Crippen LogP contribution in [0.25, 0.3) is 0 Å². The number of hydrogen-bond donors (Lipinski definition) is 1. The summed E-state index contributed by atoms with van der Waals surface area (Å²) in [5.41, 5.74) is 0. The van der Waals surface area contributed by atoms with Crippen LogP contribution in [0.3, 0.4) is 0 Å². The fraction of sp³-hybridized carbons (Fsp3) is 0.900. The third kappa shape index (κ3) is 5.64. The second-order valence-electron chi connectivity index (χ2n) is 3.55. The molecule has 0 fully saturated rings. The predicted octanol–water partition coefficient (Wildman–Crippen LogP) is 1.10. The molecular formula is C10H22N2O. The maximum Gasteiger partial charge on any atom is 0.236 e. The summed E-state index contributed by atoms with van der Waals surface area (Å²) < 4.78 is 0. The summed E-state index contributed by atoms with van der Waals surface area (Å²) in [5, 5.41) is 3.16. The fourth-order valence-electron chi connectivity index (χ4n) is 0.881. The summed E-state index contributed by atoms with van der Waals surface area (Å²) in [5.74, 6) is 0.825. The van der Waals surface area contributed by atoms with Crippen molar-refractivity contribution in [2.24, 2.45) is 5.92 Å². The van der Waals surface area contributed by atoms with E-state index in [-0.39, 0.29) is 5.91 Å². The molecule has 13 heavy (non-hydrogen) atoms. The summed E-state index contributed by atoms with van der Waals surface area (Å²) >= 11 is 0. The molecule has 1 amide bonds. The zero-order valence-electron chi connectivity index (χ0n) is 9.26. The maximum absolute atomic E-state index is 11.3. The Balaban J connectivity index is 3.47. The molecule has 0 aliphatic heterocycles. The topological polar surface area (TPSA) is 32.3 Å². The van der Waals surface area contributed by atoms with Gasteiger partial charge in [0.05, 0.1) is 6.54 Å². The zero-order chi connectivity index (χ0) is 10.3. The molecule has 0 saturated heterocycles. The number of amides is 1. The molecule has 0 rings (SSSR count). The molecule has 0 spiro atoms. The van der Waals surface area contributed by atoms with Crippen LogP contribution in [0.1, 0.15) is 27.2 Å². The van der Waals surface area contributed by atoms with Gasteiger partial charge in [-0.15, -0.1) is 0 Å². The minimum Gasteiger partial charge on any atom is -0.345 e. The molecule has 0 heterocycles. The number of carbonyl (C=O) groups is 1. The van der Waals surface area contributed by atoms with Gasteiger partial charge in [-0.1, -0.05) is 20.3 Å². The van der Waals surface area contributed by atoms with Gasteiger partial charge in [0.25, 0.3) is 0 Å². The van der Waals surface area contributed by atoms with E-state index in [1.807, 2.05) is 14.0 Å². The molecule has 0 aromatic carbocycles. The molecule has 1 unspecified atom stereocenters. The van der Waals surface area contributed by atoms with Crippen molar-refractivity contribution in [2.45, 2.75) is 27.2 Å². The van der Waals surface area contributed by atoms with Gasteiger partial charge in [-0.25, -0.2) is 0 Å². The largest absolute Gasteiger partial charge is 0.345 e. The predicted molar refractivity (Wildman–Crippen MR) is 55.6 cm³/mol. The van der Waals surface area contributed by atoms with E-state index in [9.17, 15) is 4.79 Å². The van der Waals surface area contributed by atoms with Crippen molar-refractivity contribution in [3.05, 3.63) is 0 Å². The third-order valence-electron chi connectivity index (χ3n) is 2.37. The van der Waals surface area contributed by atoms with Gasteiger partial charge in [0.2, 0.25) is 5.91 Å². The fourth-order valence-corrected chi connectivity index (χ4v) is 0.881. The molecule has 1 N–H and O–H groups in total. The molecule has 0 bridgehead atoms. The highest BCUT2D eigenvalue weighted by Crippen LogP contribution is 1.96. The molecule has 0 radical (unpaired) electrons. The van der Waals surface area contributed by atoms with Gasteiger partial charge in [-0.05, 0) is 19.4 Å². The van der Waals surface area contributed by atoms with E-state index in [0.29, 0.717) is 12.5 Å². The van der Waals surface area contributed by atoms with E-state index in [4.69, 9.17) is 0 Å². The van der Waals surface area contributed by atoms with Gasteiger partial charge >= 0.3 is 0 Å². The van der Waals surface area contributed by atoms with Crippen molar-refractivity contribution >= 4 is 5.91 Å². The molecule has 3 nitrogen and oxygen atoms in total. The smallest absolute Gasteiger partial charge is 0.236 e. The van der Waals surface area contributed by atoms with E-state index in [1.165, 1.54) is 0 Å². The van der Waals surface area contributed by atoms with Crippen molar-refractivity contribution < 1.29 is 4.79 Å². The van der Waals surface area contributed by atoms with Gasteiger partial charge in [-0.3, -0.25) is 4.79 Å². The van der Waals surface area contributed by atoms with Crippen LogP contribution < -0.4 is 5.32 Å². The zero-order valence-corrected chi connectivity index (χ0v) is 9.26. The maximum atomic E-state index is 11.3. The summed E-state index contributed by atoms with van der Waals surface area (Å²) in [4.78, 5) is 13.0. The normalized spacial score (nSPS) is 12.6. The second-order valence-corrected chi connectivity index (χ2v) is 3.55. The van der Waals surface area contributed by atoms with Crippen LogP contribution in [0.5, 0.6) is 0 Å². The first-order valence-corrected chi connectivity index (χ1v) is 5.06. The minimum atomic E-state index is 0.172. The molecule has 0 aliphatic rings. The van der Waals surface area contributed by atoms with Gasteiger partial charge in [-0.2, -0.15) is 0 Å². The van der Waals surface area contributed by atoms with Crippen LogP contribution in [-0.4, -0.2) is 37.5 Å². The van der Waals surface area contributed by atoms with Crippen LogP contribution in [0.15, 0.2) is 0 Å². The Morgan fingerprint density at radius 1 is 1.46 bits per heavy atom. The first-order chi connectivity index (χ1) is 6.11. The first-order valence-electron chi connectivity index (χ1n) is 5.06. The number of nitrogens with one attached hydrogen (secondary N) is 1. The number of likely N-dealkylation sites (N-methyl/N-ethyl adjacent to an activating group) is 1. The molecule has 1 atom stereocenters. The van der Waals surface area contributed by atoms with Crippen molar-refractivity contribution in [1.29, 1.82) is 0 Å². The molecule has 0 aliphatic carbocycles. The second kappa shape index (κ2) is 6.89. The number of nitrogens with zero attached hydrogens (tertiary/aromatic N) is 1. The monoisotopic (exact) mass is 186 g/mol. The van der Waals surface area contributed by atoms with Crippen LogP contribution in [-0.2, 0) is 4.79 Å². The number of rotatable bonds is 6. The molecule has 0 aromatic heterocycles. The Bertz CT molecular complexity index is 148. The SMILES string of the molecule is CCC(C)CNCC(=O)N(C)CC. The van der Waals surface area contributed by atoms with Gasteiger partial charge in [0.1, 0.15) is 0 Å². The molecule has 3 heteroatoms. The van der Waals surface area contributed by atoms with E-state index in [1.54, 1.807) is 4.90 Å². The molecule has 0 aromatic rings. The van der Waals surface area contributed by atoms with Crippen LogP contribution in [0.4, 0.5) is 0 Å². The lowest BCUT2D eigenvalue weighted by Crippen LogP contribution is -2.36. The quantitative estimate of drug-likeness (QED) is 0.673. The minimum absolute atomic E-state index is 0.172. The molecule has 78 valence electrons. The summed E-state index contributed by atoms with van der Waals surface area (Å²) in [6.07, 6.45) is 1.16. The summed E-state index contributed by atoms with van der Waals surface area (Å²) in [6, 6.07) is 0. The van der Waals surface area contributed by atoms with Gasteiger partial charge in [0.15, 0.2) is 0 Å². The van der Waals surface area contributed by atoms with Crippen LogP contribution in [0.2, 0.25) is 0 Å². The van der Waals surface area contributed by atoms with Crippen LogP contribution in [0, 0.1) is 5.92 Å². The van der Waals surface area contributed by atoms with E-state index in [0.717, 1.165) is 19.5 Å². The lowest BCUT2D eigenvalue weighted by molar-refractivity contribution is -0.128. The van der Waals surface area contributed by atoms with Crippen LogP contribution >= 0.6 is 0 Å². The Kier molecular flexibility index (Phi) is 6.59. The highest BCUT2D eigenvalue weighted by Gasteiger charge is 2.05. The van der Waals surface area contributed by atoms with E-state index >= 15 is 0 Å². The summed E-state index contributed by atoms with van der Waals surface area (Å²) in [7, 11) is 1.83. The Hall–Kier alpha value is -0.570. The Morgan fingerprint density at radius 3 is 2.54 bits per heavy atom. The highest BCUT2D eigenvalue weighted by molar-refractivity contribution is 5.77. The van der Waals surface area contributed by atoms with Gasteiger partial charge in [0, 0.05) is 13.6 Å². The van der Waals surface area contributed by atoms with Crippen molar-refractivity contribution in [3.63, 3.8) is 0 Å². The van der Waals surface area contributed by atoms with Crippen molar-refractivity contribution in [3.8, 4) is 0 Å². The standard InChI is InChI=1S/C10H22N2O/c1-5-9(3)7-11-8-10(13)12(4)6-2/h9,11H,5-8H2,1-4H3. The Labute approximate surface area is 81.5 Å². The van der Waals surface area contributed by atoms with E-state index in [2.05, 4.69) is 19.2 Å². The van der Waals surface area contributed by atoms with Crippen molar-refractivity contribution in [2.75, 3.05) is 26.7 Å². The van der Waals surface area contributed by atoms with E-state index < -0.39 is 0 Å². The molecular weight excluding hydrogens is 164 g/mol. The lowest BCUT2D eigenvalue weighted by atomic mass is 10.1. The first kappa shape index (κ1) is 12.4. The number of hydrogen-bond acceptors (Lipinski definition) is 2. The highest BCUT2D eigenvalue weighted by atomic mass is 16.2. The third-order valence-corrected chi connectivity index (χ3v) is 2.37. The molecule has 0 saturated carbocycles. The average molecular weight is 186 g/mol.